The summed E-state index contributed by atoms with van der Waals surface area (Å²) in [7, 11) is 0. The van der Waals surface area contributed by atoms with Gasteiger partial charge in [0.25, 0.3) is 0 Å². The Hall–Kier alpha value is -1.35. The smallest absolute Gasteiger partial charge is 0.134 e. The van der Waals surface area contributed by atoms with Crippen molar-refractivity contribution in [3.05, 3.63) is 71.8 Å². The van der Waals surface area contributed by atoms with Crippen LogP contribution in [-0.4, -0.2) is 11.5 Å². The zero-order valence-electron chi connectivity index (χ0n) is 10.5. The number of hydrogen-bond donors (Lipinski definition) is 0. The van der Waals surface area contributed by atoms with Crippen LogP contribution in [0.25, 0.3) is 0 Å². The summed E-state index contributed by atoms with van der Waals surface area (Å²) in [5.74, 6) is 0.578. The van der Waals surface area contributed by atoms with Gasteiger partial charge in [-0.2, -0.15) is 11.8 Å². The third-order valence-electron chi connectivity index (χ3n) is 2.85. The van der Waals surface area contributed by atoms with E-state index in [-0.39, 0.29) is 11.5 Å². The molecule has 0 radical (unpaired) electrons. The highest BCUT2D eigenvalue weighted by Crippen LogP contribution is 2.27. The van der Waals surface area contributed by atoms with Crippen LogP contribution in [0.1, 0.15) is 23.5 Å². The van der Waals surface area contributed by atoms with Crippen LogP contribution in [-0.2, 0) is 0 Å². The van der Waals surface area contributed by atoms with Gasteiger partial charge in [0, 0.05) is 11.5 Å². The van der Waals surface area contributed by atoms with Crippen molar-refractivity contribution in [3.63, 3.8) is 0 Å². The molecular weight excluding hydrogens is 262 g/mol. The Bertz CT molecular complexity index is 427. The molecule has 0 aliphatic heterocycles. The first kappa shape index (κ1) is 14.1. The summed E-state index contributed by atoms with van der Waals surface area (Å²) < 4.78 is 27.7. The zero-order valence-corrected chi connectivity index (χ0v) is 11.3. The van der Waals surface area contributed by atoms with E-state index in [2.05, 4.69) is 0 Å². The van der Waals surface area contributed by atoms with E-state index in [0.717, 1.165) is 0 Å². The number of rotatable bonds is 6. The Morgan fingerprint density at radius 3 is 1.42 bits per heavy atom. The van der Waals surface area contributed by atoms with Gasteiger partial charge < -0.3 is 0 Å². The molecule has 0 aromatic heterocycles. The van der Waals surface area contributed by atoms with Crippen LogP contribution in [0.15, 0.2) is 60.7 Å². The minimum Gasteiger partial charge on any atom is -0.241 e. The molecule has 2 unspecified atom stereocenters. The first-order valence-corrected chi connectivity index (χ1v) is 7.38. The number of benzene rings is 2. The molecule has 19 heavy (non-hydrogen) atoms. The predicted molar refractivity (Wildman–Crippen MR) is 77.9 cm³/mol. The second-order valence-corrected chi connectivity index (χ2v) is 5.37. The van der Waals surface area contributed by atoms with Crippen LogP contribution >= 0.6 is 11.8 Å². The molecule has 0 aliphatic carbocycles. The second kappa shape index (κ2) is 7.29. The molecule has 2 aromatic carbocycles. The van der Waals surface area contributed by atoms with Crippen LogP contribution in [0.4, 0.5) is 8.78 Å². The first-order chi connectivity index (χ1) is 9.27. The number of thioether (sulfide) groups is 1. The quantitative estimate of drug-likeness (QED) is 0.705. The summed E-state index contributed by atoms with van der Waals surface area (Å²) in [4.78, 5) is 0. The lowest BCUT2D eigenvalue weighted by atomic mass is 10.1. The van der Waals surface area contributed by atoms with Gasteiger partial charge in [-0.1, -0.05) is 60.7 Å². The lowest BCUT2D eigenvalue weighted by molar-refractivity contribution is 0.372. The average Bonchev–Trinajstić information content (AvgIpc) is 2.49. The summed E-state index contributed by atoms with van der Waals surface area (Å²) in [5, 5.41) is 0. The Morgan fingerprint density at radius 1 is 0.684 bits per heavy atom. The highest BCUT2D eigenvalue weighted by atomic mass is 32.2. The van der Waals surface area contributed by atoms with Crippen molar-refractivity contribution in [1.82, 2.24) is 0 Å². The van der Waals surface area contributed by atoms with E-state index < -0.39 is 12.3 Å². The van der Waals surface area contributed by atoms with Gasteiger partial charge in [0.2, 0.25) is 0 Å². The van der Waals surface area contributed by atoms with Crippen molar-refractivity contribution in [1.29, 1.82) is 0 Å². The maximum absolute atomic E-state index is 13.8. The maximum atomic E-state index is 13.8. The van der Waals surface area contributed by atoms with Crippen molar-refractivity contribution >= 4 is 11.8 Å². The minimum atomic E-state index is -1.03. The highest BCUT2D eigenvalue weighted by Gasteiger charge is 2.13. The molecule has 0 spiro atoms. The van der Waals surface area contributed by atoms with E-state index in [9.17, 15) is 8.78 Å². The van der Waals surface area contributed by atoms with E-state index >= 15 is 0 Å². The molecule has 0 aliphatic rings. The molecule has 0 saturated carbocycles. The monoisotopic (exact) mass is 278 g/mol. The molecule has 0 saturated heterocycles. The third kappa shape index (κ3) is 4.35. The summed E-state index contributed by atoms with van der Waals surface area (Å²) in [6, 6.07) is 18.0. The molecule has 2 rings (SSSR count). The predicted octanol–water partition coefficient (Wildman–Crippen LogP) is 5.14. The van der Waals surface area contributed by atoms with Gasteiger partial charge in [-0.15, -0.1) is 0 Å². The van der Waals surface area contributed by atoms with Crippen molar-refractivity contribution in [3.8, 4) is 0 Å². The van der Waals surface area contributed by atoms with E-state index in [1.807, 2.05) is 36.4 Å². The minimum absolute atomic E-state index is 0.289. The van der Waals surface area contributed by atoms with Crippen molar-refractivity contribution in [2.75, 3.05) is 11.5 Å². The zero-order chi connectivity index (χ0) is 13.5. The van der Waals surface area contributed by atoms with Gasteiger partial charge in [-0.05, 0) is 11.1 Å². The topological polar surface area (TPSA) is 0 Å². The molecular formula is C16H16F2S. The van der Waals surface area contributed by atoms with Crippen LogP contribution in [0.2, 0.25) is 0 Å². The molecule has 100 valence electrons. The summed E-state index contributed by atoms with van der Waals surface area (Å²) in [5.41, 5.74) is 1.32. The van der Waals surface area contributed by atoms with Gasteiger partial charge in [-0.25, -0.2) is 8.78 Å². The summed E-state index contributed by atoms with van der Waals surface area (Å²) >= 11 is 1.31. The van der Waals surface area contributed by atoms with Crippen molar-refractivity contribution < 1.29 is 8.78 Å². The SMILES string of the molecule is FC(CSCC(F)c1ccccc1)c1ccccc1. The molecule has 0 N–H and O–H groups in total. The molecule has 0 fully saturated rings. The Balaban J connectivity index is 1.78. The van der Waals surface area contributed by atoms with Gasteiger partial charge in [-0.3, -0.25) is 0 Å². The maximum Gasteiger partial charge on any atom is 0.134 e. The number of hydrogen-bond acceptors (Lipinski definition) is 1. The second-order valence-electron chi connectivity index (χ2n) is 4.29. The molecule has 0 nitrogen and oxygen atoms in total. The highest BCUT2D eigenvalue weighted by molar-refractivity contribution is 7.99. The van der Waals surface area contributed by atoms with Gasteiger partial charge in [0.05, 0.1) is 0 Å². The van der Waals surface area contributed by atoms with Crippen LogP contribution in [0.3, 0.4) is 0 Å². The summed E-state index contributed by atoms with van der Waals surface area (Å²) in [6.45, 7) is 0. The summed E-state index contributed by atoms with van der Waals surface area (Å²) in [6.07, 6.45) is -2.07. The fraction of sp³-hybridized carbons (Fsp3) is 0.250. The molecule has 2 aromatic rings. The van der Waals surface area contributed by atoms with E-state index in [1.165, 1.54) is 11.8 Å². The van der Waals surface area contributed by atoms with E-state index in [4.69, 9.17) is 0 Å². The third-order valence-corrected chi connectivity index (χ3v) is 3.91. The van der Waals surface area contributed by atoms with E-state index in [0.29, 0.717) is 11.1 Å². The Kier molecular flexibility index (Phi) is 5.40. The largest absolute Gasteiger partial charge is 0.241 e. The molecule has 0 heterocycles. The van der Waals surface area contributed by atoms with Gasteiger partial charge in [0.1, 0.15) is 12.3 Å². The molecule has 2 atom stereocenters. The normalized spacial score (nSPS) is 14.0. The van der Waals surface area contributed by atoms with Crippen LogP contribution < -0.4 is 0 Å². The first-order valence-electron chi connectivity index (χ1n) is 6.23. The average molecular weight is 278 g/mol. The van der Waals surface area contributed by atoms with Crippen molar-refractivity contribution in [2.24, 2.45) is 0 Å². The standard InChI is InChI=1S/C16H16F2S/c17-15(13-7-3-1-4-8-13)11-19-12-16(18)14-9-5-2-6-10-14/h1-10,15-16H,11-12H2. The molecule has 0 bridgehead atoms. The molecule has 0 amide bonds. The number of halogens is 2. The van der Waals surface area contributed by atoms with Crippen LogP contribution in [0, 0.1) is 0 Å². The van der Waals surface area contributed by atoms with Gasteiger partial charge in [0.15, 0.2) is 0 Å². The fourth-order valence-corrected chi connectivity index (χ4v) is 2.73. The molecule has 3 heteroatoms. The lowest BCUT2D eigenvalue weighted by Gasteiger charge is -2.11. The Labute approximate surface area is 116 Å². The fourth-order valence-electron chi connectivity index (χ4n) is 1.79. The van der Waals surface area contributed by atoms with Crippen LogP contribution in [0.5, 0.6) is 0 Å². The van der Waals surface area contributed by atoms with Gasteiger partial charge >= 0.3 is 0 Å². The Morgan fingerprint density at radius 2 is 1.05 bits per heavy atom. The number of alkyl halides is 2. The van der Waals surface area contributed by atoms with Crippen molar-refractivity contribution in [2.45, 2.75) is 12.3 Å². The van der Waals surface area contributed by atoms with E-state index in [1.54, 1.807) is 24.3 Å². The lowest BCUT2D eigenvalue weighted by Crippen LogP contribution is -2.00.